The summed E-state index contributed by atoms with van der Waals surface area (Å²) in [5.74, 6) is 0. The van der Waals surface area contributed by atoms with E-state index in [4.69, 9.17) is 4.12 Å². The first kappa shape index (κ1) is 13.5. The summed E-state index contributed by atoms with van der Waals surface area (Å²) in [5.41, 5.74) is 1.29. The Hall–Kier alpha value is -0.586. The van der Waals surface area contributed by atoms with Crippen molar-refractivity contribution < 1.29 is 4.12 Å². The van der Waals surface area contributed by atoms with Gasteiger partial charge in [0.05, 0.1) is 0 Å². The SMILES string of the molecule is CCN(c1ccccc1)[Si](C)(C)O[SiH](C)C. The zero-order valence-electron chi connectivity index (χ0n) is 11.0. The van der Waals surface area contributed by atoms with Gasteiger partial charge < -0.3 is 8.68 Å². The first-order valence-corrected chi connectivity index (χ1v) is 11.6. The summed E-state index contributed by atoms with van der Waals surface area (Å²) in [6.07, 6.45) is 0. The molecule has 0 amide bonds. The summed E-state index contributed by atoms with van der Waals surface area (Å²) < 4.78 is 8.69. The van der Waals surface area contributed by atoms with Gasteiger partial charge in [0.1, 0.15) is 0 Å². The zero-order valence-corrected chi connectivity index (χ0v) is 13.2. The van der Waals surface area contributed by atoms with Crippen LogP contribution in [-0.4, -0.2) is 24.1 Å². The van der Waals surface area contributed by atoms with E-state index in [0.29, 0.717) is 0 Å². The summed E-state index contributed by atoms with van der Waals surface area (Å²) in [5, 5.41) is 0. The van der Waals surface area contributed by atoms with E-state index in [1.165, 1.54) is 5.69 Å². The van der Waals surface area contributed by atoms with Gasteiger partial charge in [0.2, 0.25) is 0 Å². The number of benzene rings is 1. The number of hydrogen-bond acceptors (Lipinski definition) is 2. The molecule has 0 unspecified atom stereocenters. The predicted octanol–water partition coefficient (Wildman–Crippen LogP) is 3.21. The number of rotatable bonds is 5. The quantitative estimate of drug-likeness (QED) is 0.747. The third-order valence-corrected chi connectivity index (χ3v) is 8.63. The van der Waals surface area contributed by atoms with Crippen LogP contribution in [0.4, 0.5) is 5.69 Å². The first-order valence-electron chi connectivity index (χ1n) is 5.98. The van der Waals surface area contributed by atoms with Crippen molar-refractivity contribution in [1.29, 1.82) is 0 Å². The lowest BCUT2D eigenvalue weighted by Crippen LogP contribution is -2.53. The molecular formula is C12H23NOSi2. The van der Waals surface area contributed by atoms with Crippen molar-refractivity contribution in [3.8, 4) is 0 Å². The van der Waals surface area contributed by atoms with Gasteiger partial charge in [-0.15, -0.1) is 0 Å². The second-order valence-electron chi connectivity index (χ2n) is 4.69. The highest BCUT2D eigenvalue weighted by Gasteiger charge is 2.31. The highest BCUT2D eigenvalue weighted by atomic mass is 28.4. The minimum atomic E-state index is -1.74. The fourth-order valence-corrected chi connectivity index (χ4v) is 8.78. The van der Waals surface area contributed by atoms with E-state index in [0.717, 1.165) is 6.54 Å². The molecule has 1 aromatic carbocycles. The van der Waals surface area contributed by atoms with Crippen LogP contribution in [0.3, 0.4) is 0 Å². The average Bonchev–Trinajstić information content (AvgIpc) is 2.17. The van der Waals surface area contributed by atoms with Crippen LogP contribution in [0, 0.1) is 0 Å². The molecule has 2 nitrogen and oxygen atoms in total. The lowest BCUT2D eigenvalue weighted by molar-refractivity contribution is 0.565. The van der Waals surface area contributed by atoms with Gasteiger partial charge in [-0.05, 0) is 45.2 Å². The Kier molecular flexibility index (Phi) is 4.76. The molecule has 0 saturated heterocycles. The van der Waals surface area contributed by atoms with Gasteiger partial charge in [-0.1, -0.05) is 18.2 Å². The second-order valence-corrected chi connectivity index (χ2v) is 11.2. The summed E-state index contributed by atoms with van der Waals surface area (Å²) in [7, 11) is -2.71. The van der Waals surface area contributed by atoms with Gasteiger partial charge in [0, 0.05) is 12.2 Å². The standard InChI is InChI=1S/C12H23NOSi2/c1-6-13(12-10-8-7-9-11-12)16(4,5)14-15(2)3/h7-11,15H,6H2,1-5H3. The molecule has 0 aromatic heterocycles. The average molecular weight is 253 g/mol. The Morgan fingerprint density at radius 1 is 1.19 bits per heavy atom. The number of hydrogen-bond donors (Lipinski definition) is 0. The molecule has 90 valence electrons. The van der Waals surface area contributed by atoms with Crippen LogP contribution >= 0.6 is 0 Å². The molecule has 0 heterocycles. The molecule has 0 radical (unpaired) electrons. The smallest absolute Gasteiger partial charge is 0.283 e. The molecule has 0 aliphatic heterocycles. The maximum atomic E-state index is 6.25. The lowest BCUT2D eigenvalue weighted by Gasteiger charge is -2.38. The van der Waals surface area contributed by atoms with Crippen LogP contribution in [0.25, 0.3) is 0 Å². The van der Waals surface area contributed by atoms with E-state index >= 15 is 0 Å². The Balaban J connectivity index is 2.89. The molecule has 0 aliphatic carbocycles. The van der Waals surface area contributed by atoms with Gasteiger partial charge in [-0.25, -0.2) is 0 Å². The van der Waals surface area contributed by atoms with Gasteiger partial charge >= 0.3 is 0 Å². The fourth-order valence-electron chi connectivity index (χ4n) is 2.12. The van der Waals surface area contributed by atoms with Gasteiger partial charge in [-0.2, -0.15) is 0 Å². The minimum absolute atomic E-state index is 0.969. The van der Waals surface area contributed by atoms with E-state index in [-0.39, 0.29) is 0 Å². The Morgan fingerprint density at radius 3 is 2.19 bits per heavy atom. The zero-order chi connectivity index (χ0) is 12.2. The topological polar surface area (TPSA) is 12.5 Å². The number of nitrogens with zero attached hydrogens (tertiary/aromatic N) is 1. The Bertz CT molecular complexity index is 314. The third kappa shape index (κ3) is 3.47. The Labute approximate surface area is 102 Å². The number of para-hydroxylation sites is 1. The van der Waals surface area contributed by atoms with Crippen molar-refractivity contribution in [3.63, 3.8) is 0 Å². The van der Waals surface area contributed by atoms with E-state index in [9.17, 15) is 0 Å². The van der Waals surface area contributed by atoms with Crippen molar-refractivity contribution in [2.24, 2.45) is 0 Å². The summed E-state index contributed by atoms with van der Waals surface area (Å²) in [6, 6.07) is 10.6. The van der Waals surface area contributed by atoms with Gasteiger partial charge in [0.15, 0.2) is 9.04 Å². The molecule has 16 heavy (non-hydrogen) atoms. The predicted molar refractivity (Wildman–Crippen MR) is 76.9 cm³/mol. The minimum Gasteiger partial charge on any atom is -0.443 e. The molecule has 0 aliphatic rings. The molecule has 0 saturated carbocycles. The van der Waals surface area contributed by atoms with Crippen LogP contribution in [0.15, 0.2) is 30.3 Å². The molecule has 4 heteroatoms. The maximum absolute atomic E-state index is 6.25. The maximum Gasteiger partial charge on any atom is 0.283 e. The first-order chi connectivity index (χ1) is 7.47. The van der Waals surface area contributed by atoms with Gasteiger partial charge in [0.25, 0.3) is 8.48 Å². The second kappa shape index (κ2) is 5.66. The molecule has 0 spiro atoms. The van der Waals surface area contributed by atoms with Crippen LogP contribution in [0.2, 0.25) is 26.2 Å². The van der Waals surface area contributed by atoms with Crippen LogP contribution in [0.5, 0.6) is 0 Å². The molecule has 0 atom stereocenters. The molecule has 0 N–H and O–H groups in total. The van der Waals surface area contributed by atoms with E-state index in [2.05, 4.69) is 68.0 Å². The molecule has 1 rings (SSSR count). The third-order valence-electron chi connectivity index (χ3n) is 2.56. The van der Waals surface area contributed by atoms with Crippen molar-refractivity contribution >= 4 is 23.2 Å². The van der Waals surface area contributed by atoms with E-state index in [1.54, 1.807) is 0 Å². The highest BCUT2D eigenvalue weighted by Crippen LogP contribution is 2.22. The highest BCUT2D eigenvalue weighted by molar-refractivity contribution is 6.80. The van der Waals surface area contributed by atoms with E-state index < -0.39 is 17.5 Å². The van der Waals surface area contributed by atoms with Crippen molar-refractivity contribution in [1.82, 2.24) is 0 Å². The lowest BCUT2D eigenvalue weighted by atomic mass is 10.3. The van der Waals surface area contributed by atoms with Crippen molar-refractivity contribution in [2.45, 2.75) is 33.1 Å². The molecular weight excluding hydrogens is 230 g/mol. The molecule has 0 bridgehead atoms. The van der Waals surface area contributed by atoms with Crippen LogP contribution in [-0.2, 0) is 4.12 Å². The van der Waals surface area contributed by atoms with Gasteiger partial charge in [-0.3, -0.25) is 0 Å². The fraction of sp³-hybridized carbons (Fsp3) is 0.500. The summed E-state index contributed by atoms with van der Waals surface area (Å²) in [4.78, 5) is 0. The monoisotopic (exact) mass is 253 g/mol. The van der Waals surface area contributed by atoms with Crippen LogP contribution in [0.1, 0.15) is 6.92 Å². The molecule has 0 fully saturated rings. The van der Waals surface area contributed by atoms with Crippen molar-refractivity contribution in [3.05, 3.63) is 30.3 Å². The molecule has 1 aromatic rings. The van der Waals surface area contributed by atoms with E-state index in [1.807, 2.05) is 0 Å². The number of anilines is 1. The van der Waals surface area contributed by atoms with Crippen molar-refractivity contribution in [2.75, 3.05) is 11.1 Å². The Morgan fingerprint density at radius 2 is 1.75 bits per heavy atom. The summed E-state index contributed by atoms with van der Waals surface area (Å²) >= 11 is 0. The summed E-state index contributed by atoms with van der Waals surface area (Å²) in [6.45, 7) is 12.3. The largest absolute Gasteiger partial charge is 0.443 e. The van der Waals surface area contributed by atoms with Crippen LogP contribution < -0.4 is 4.57 Å². The normalized spacial score (nSPS) is 11.9.